The third-order valence-corrected chi connectivity index (χ3v) is 6.39. The first-order valence-electron chi connectivity index (χ1n) is 12.6. The Morgan fingerprint density at radius 1 is 1.00 bits per heavy atom. The van der Waals surface area contributed by atoms with E-state index in [4.69, 9.17) is 16.6 Å². The molecule has 210 valence electrons. The summed E-state index contributed by atoms with van der Waals surface area (Å²) in [5, 5.41) is 32.6. The highest BCUT2D eigenvalue weighted by Crippen LogP contribution is 2.20. The number of benzene rings is 1. The zero-order valence-corrected chi connectivity index (χ0v) is 21.2. The number of carboxylic acid groups (broad SMARTS) is 2. The molecular formula is C25H37N5O8. The molecule has 1 heterocycles. The number of carbonyl (C=O) groups excluding carboxylic acids is 3. The summed E-state index contributed by atoms with van der Waals surface area (Å²) < 4.78 is 0. The van der Waals surface area contributed by atoms with Crippen LogP contribution in [0.5, 0.6) is 5.75 Å². The number of likely N-dealkylation sites (tertiary alicyclic amines) is 1. The first kappa shape index (κ1) is 30.5. The quantitative estimate of drug-likeness (QED) is 0.140. The number of unbranched alkanes of at least 4 members (excludes halogenated alkanes) is 1. The Morgan fingerprint density at radius 2 is 1.68 bits per heavy atom. The molecule has 0 aliphatic carbocycles. The van der Waals surface area contributed by atoms with Crippen molar-refractivity contribution in [1.82, 2.24) is 15.5 Å². The van der Waals surface area contributed by atoms with E-state index < -0.39 is 60.2 Å². The van der Waals surface area contributed by atoms with E-state index in [2.05, 4.69) is 10.6 Å². The molecule has 2 rings (SSSR count). The highest BCUT2D eigenvalue weighted by Gasteiger charge is 2.38. The standard InChI is InChI=1S/C25H37N5O8/c26-12-2-1-4-18(22(34)29-19(25(37)38)10-11-21(32)33)28-23(35)20-5-3-13-30(20)24(36)17(27)14-15-6-8-16(31)9-7-15/h6-9,17-20,31H,1-5,10-14,26-27H2,(H,28,35)(H,29,34)(H,32,33)(H,37,38). The van der Waals surface area contributed by atoms with Gasteiger partial charge in [0.2, 0.25) is 17.7 Å². The molecule has 1 fully saturated rings. The Bertz CT molecular complexity index is 986. The largest absolute Gasteiger partial charge is 0.508 e. The minimum atomic E-state index is -1.44. The predicted molar refractivity (Wildman–Crippen MR) is 136 cm³/mol. The van der Waals surface area contributed by atoms with Crippen LogP contribution in [0.3, 0.4) is 0 Å². The highest BCUT2D eigenvalue weighted by molar-refractivity contribution is 5.94. The van der Waals surface area contributed by atoms with Crippen LogP contribution in [0.4, 0.5) is 0 Å². The lowest BCUT2D eigenvalue weighted by Gasteiger charge is -2.28. The summed E-state index contributed by atoms with van der Waals surface area (Å²) in [7, 11) is 0. The third kappa shape index (κ3) is 9.30. The van der Waals surface area contributed by atoms with E-state index in [9.17, 15) is 34.2 Å². The fourth-order valence-corrected chi connectivity index (χ4v) is 4.32. The maximum absolute atomic E-state index is 13.2. The molecule has 1 aliphatic heterocycles. The van der Waals surface area contributed by atoms with Gasteiger partial charge in [-0.2, -0.15) is 0 Å². The lowest BCUT2D eigenvalue weighted by atomic mass is 10.0. The molecule has 3 amide bonds. The van der Waals surface area contributed by atoms with Gasteiger partial charge in [0.15, 0.2) is 0 Å². The van der Waals surface area contributed by atoms with Crippen molar-refractivity contribution in [2.24, 2.45) is 11.5 Å². The minimum absolute atomic E-state index is 0.0894. The summed E-state index contributed by atoms with van der Waals surface area (Å²) in [5.74, 6) is -4.23. The van der Waals surface area contributed by atoms with Crippen molar-refractivity contribution in [3.8, 4) is 5.75 Å². The number of hydrogen-bond acceptors (Lipinski definition) is 8. The van der Waals surface area contributed by atoms with Gasteiger partial charge in [-0.3, -0.25) is 19.2 Å². The maximum Gasteiger partial charge on any atom is 0.326 e. The molecule has 0 bridgehead atoms. The van der Waals surface area contributed by atoms with Crippen molar-refractivity contribution in [2.75, 3.05) is 13.1 Å². The van der Waals surface area contributed by atoms with Gasteiger partial charge in [0.05, 0.1) is 6.04 Å². The fraction of sp³-hybridized carbons (Fsp3) is 0.560. The number of phenols is 1. The van der Waals surface area contributed by atoms with Crippen molar-refractivity contribution >= 4 is 29.7 Å². The summed E-state index contributed by atoms with van der Waals surface area (Å²) in [5.41, 5.74) is 12.4. The van der Waals surface area contributed by atoms with Crippen LogP contribution < -0.4 is 22.1 Å². The van der Waals surface area contributed by atoms with Gasteiger partial charge >= 0.3 is 11.9 Å². The van der Waals surface area contributed by atoms with Crippen LogP contribution in [0.15, 0.2) is 24.3 Å². The number of phenolic OH excluding ortho intramolecular Hbond substituents is 1. The van der Waals surface area contributed by atoms with Crippen LogP contribution in [0, 0.1) is 0 Å². The normalized spacial score (nSPS) is 17.3. The molecule has 0 spiro atoms. The van der Waals surface area contributed by atoms with E-state index >= 15 is 0 Å². The van der Waals surface area contributed by atoms with Gasteiger partial charge in [-0.25, -0.2) is 4.79 Å². The summed E-state index contributed by atoms with van der Waals surface area (Å²) in [6, 6.07) is 2.00. The second-order valence-corrected chi connectivity index (χ2v) is 9.34. The van der Waals surface area contributed by atoms with Crippen LogP contribution >= 0.6 is 0 Å². The van der Waals surface area contributed by atoms with Crippen LogP contribution in [0.2, 0.25) is 0 Å². The number of aromatic hydroxyl groups is 1. The predicted octanol–water partition coefficient (Wildman–Crippen LogP) is -0.699. The molecule has 38 heavy (non-hydrogen) atoms. The van der Waals surface area contributed by atoms with E-state index in [0.717, 1.165) is 5.56 Å². The number of carboxylic acids is 2. The van der Waals surface area contributed by atoms with Crippen molar-refractivity contribution in [1.29, 1.82) is 0 Å². The molecule has 1 aromatic carbocycles. The van der Waals surface area contributed by atoms with Crippen molar-refractivity contribution in [3.05, 3.63) is 29.8 Å². The lowest BCUT2D eigenvalue weighted by Crippen LogP contribution is -2.56. The van der Waals surface area contributed by atoms with Gasteiger partial charge in [0.1, 0.15) is 23.9 Å². The Labute approximate surface area is 220 Å². The second-order valence-electron chi connectivity index (χ2n) is 9.34. The first-order valence-corrected chi connectivity index (χ1v) is 12.6. The SMILES string of the molecule is NCCCCC(NC(=O)C1CCCN1C(=O)C(N)Cc1ccc(O)cc1)C(=O)NC(CCC(=O)O)C(=O)O. The summed E-state index contributed by atoms with van der Waals surface area (Å²) in [4.78, 5) is 62.9. The van der Waals surface area contributed by atoms with Crippen molar-refractivity contribution in [3.63, 3.8) is 0 Å². The second kappa shape index (κ2) is 14.9. The van der Waals surface area contributed by atoms with E-state index in [1.165, 1.54) is 17.0 Å². The number of rotatable bonds is 15. The molecule has 9 N–H and O–H groups in total. The van der Waals surface area contributed by atoms with E-state index in [1.807, 2.05) is 0 Å². The molecule has 4 atom stereocenters. The Morgan fingerprint density at radius 3 is 2.29 bits per heavy atom. The Balaban J connectivity index is 2.07. The van der Waals surface area contributed by atoms with Crippen LogP contribution in [0.1, 0.15) is 50.5 Å². The van der Waals surface area contributed by atoms with Crippen LogP contribution in [-0.2, 0) is 30.4 Å². The summed E-state index contributed by atoms with van der Waals surface area (Å²) in [6.45, 7) is 0.684. The summed E-state index contributed by atoms with van der Waals surface area (Å²) >= 11 is 0. The minimum Gasteiger partial charge on any atom is -0.508 e. The molecule has 1 aromatic rings. The lowest BCUT2D eigenvalue weighted by molar-refractivity contribution is -0.144. The molecule has 0 radical (unpaired) electrons. The summed E-state index contributed by atoms with van der Waals surface area (Å²) in [6.07, 6.45) is 1.61. The smallest absolute Gasteiger partial charge is 0.326 e. The van der Waals surface area contributed by atoms with E-state index in [0.29, 0.717) is 38.8 Å². The molecule has 13 nitrogen and oxygen atoms in total. The maximum atomic E-state index is 13.2. The topological polar surface area (TPSA) is 225 Å². The average Bonchev–Trinajstić information content (AvgIpc) is 3.36. The van der Waals surface area contributed by atoms with Crippen molar-refractivity contribution in [2.45, 2.75) is 75.5 Å². The van der Waals surface area contributed by atoms with Gasteiger partial charge < -0.3 is 42.3 Å². The monoisotopic (exact) mass is 535 g/mol. The molecular weight excluding hydrogens is 498 g/mol. The van der Waals surface area contributed by atoms with Gasteiger partial charge in [-0.15, -0.1) is 0 Å². The Kier molecular flexibility index (Phi) is 12.0. The number of nitrogens with one attached hydrogen (secondary N) is 2. The zero-order valence-electron chi connectivity index (χ0n) is 21.2. The number of aliphatic carboxylic acids is 2. The Hall–Kier alpha value is -3.71. The fourth-order valence-electron chi connectivity index (χ4n) is 4.32. The number of amides is 3. The van der Waals surface area contributed by atoms with Crippen molar-refractivity contribution < 1.29 is 39.3 Å². The molecule has 4 unspecified atom stereocenters. The van der Waals surface area contributed by atoms with Gasteiger partial charge in [-0.05, 0) is 69.2 Å². The highest BCUT2D eigenvalue weighted by atomic mass is 16.4. The van der Waals surface area contributed by atoms with E-state index in [1.54, 1.807) is 12.1 Å². The molecule has 13 heteroatoms. The molecule has 1 saturated heterocycles. The van der Waals surface area contributed by atoms with Gasteiger partial charge in [0, 0.05) is 13.0 Å². The third-order valence-electron chi connectivity index (χ3n) is 6.39. The van der Waals surface area contributed by atoms with E-state index in [-0.39, 0.29) is 25.0 Å². The molecule has 0 saturated carbocycles. The zero-order chi connectivity index (χ0) is 28.2. The number of hydrogen-bond donors (Lipinski definition) is 7. The van der Waals surface area contributed by atoms with Crippen LogP contribution in [-0.4, -0.2) is 87.1 Å². The number of nitrogens with zero attached hydrogens (tertiary/aromatic N) is 1. The van der Waals surface area contributed by atoms with Gasteiger partial charge in [0.25, 0.3) is 0 Å². The average molecular weight is 536 g/mol. The number of nitrogens with two attached hydrogens (primary N) is 2. The first-order chi connectivity index (χ1) is 18.0. The van der Waals surface area contributed by atoms with Gasteiger partial charge in [-0.1, -0.05) is 12.1 Å². The number of carbonyl (C=O) groups is 5. The molecule has 0 aromatic heterocycles. The molecule has 1 aliphatic rings. The van der Waals surface area contributed by atoms with Crippen LogP contribution in [0.25, 0.3) is 0 Å².